The van der Waals surface area contributed by atoms with Crippen LogP contribution < -0.4 is 15.4 Å². The molecule has 0 bridgehead atoms. The molecular formula is C21H26F2N4O4S. The molecule has 2 heterocycles. The third-order valence-electron chi connectivity index (χ3n) is 4.67. The van der Waals surface area contributed by atoms with Crippen molar-refractivity contribution in [2.24, 2.45) is 0 Å². The Morgan fingerprint density at radius 2 is 1.91 bits per heavy atom. The molecule has 0 saturated carbocycles. The lowest BCUT2D eigenvalue weighted by Gasteiger charge is -2.19. The number of hydrogen-bond acceptors (Lipinski definition) is 6. The molecule has 1 atom stereocenters. The van der Waals surface area contributed by atoms with Gasteiger partial charge < -0.3 is 15.4 Å². The zero-order valence-electron chi connectivity index (χ0n) is 18.0. The molecular weight excluding hydrogens is 442 g/mol. The van der Waals surface area contributed by atoms with Crippen molar-refractivity contribution in [3.8, 4) is 11.1 Å². The Morgan fingerprint density at radius 1 is 1.22 bits per heavy atom. The molecule has 8 nitrogen and oxygen atoms in total. The van der Waals surface area contributed by atoms with Gasteiger partial charge in [0.05, 0.1) is 10.9 Å². The molecule has 1 aliphatic rings. The zero-order valence-corrected chi connectivity index (χ0v) is 18.8. The number of ether oxygens (including phenoxy) is 1. The number of pyridine rings is 1. The van der Waals surface area contributed by atoms with E-state index >= 15 is 0 Å². The van der Waals surface area contributed by atoms with Gasteiger partial charge in [-0.05, 0) is 50.1 Å². The predicted molar refractivity (Wildman–Crippen MR) is 116 cm³/mol. The van der Waals surface area contributed by atoms with Crippen molar-refractivity contribution in [2.45, 2.75) is 50.2 Å². The van der Waals surface area contributed by atoms with Crippen molar-refractivity contribution in [1.29, 1.82) is 0 Å². The number of halogens is 2. The Morgan fingerprint density at radius 3 is 2.53 bits per heavy atom. The number of nitrogens with zero attached hydrogens (tertiary/aromatic N) is 1. The van der Waals surface area contributed by atoms with Crippen molar-refractivity contribution in [1.82, 2.24) is 15.0 Å². The molecule has 0 radical (unpaired) electrons. The van der Waals surface area contributed by atoms with E-state index in [1.165, 1.54) is 18.3 Å². The summed E-state index contributed by atoms with van der Waals surface area (Å²) in [4.78, 5) is 15.8. The van der Waals surface area contributed by atoms with Crippen LogP contribution in [0, 0.1) is 0 Å². The van der Waals surface area contributed by atoms with E-state index in [1.54, 1.807) is 39.0 Å². The number of sulfonamides is 1. The van der Waals surface area contributed by atoms with Gasteiger partial charge in [-0.3, -0.25) is 0 Å². The van der Waals surface area contributed by atoms with E-state index < -0.39 is 34.2 Å². The van der Waals surface area contributed by atoms with Crippen molar-refractivity contribution < 1.29 is 26.7 Å². The first kappa shape index (κ1) is 23.9. The number of anilines is 1. The Balaban J connectivity index is 1.63. The summed E-state index contributed by atoms with van der Waals surface area (Å²) in [7, 11) is -3.79. The number of carbonyl (C=O) groups excluding carboxylic acids is 1. The van der Waals surface area contributed by atoms with Gasteiger partial charge in [-0.25, -0.2) is 31.7 Å². The highest BCUT2D eigenvalue weighted by Gasteiger charge is 2.30. The maximum absolute atomic E-state index is 13.1. The van der Waals surface area contributed by atoms with Gasteiger partial charge in [0.15, 0.2) is 0 Å². The second-order valence-electron chi connectivity index (χ2n) is 8.33. The largest absolute Gasteiger partial charge is 0.444 e. The summed E-state index contributed by atoms with van der Waals surface area (Å²) in [5, 5.41) is 5.20. The molecule has 32 heavy (non-hydrogen) atoms. The van der Waals surface area contributed by atoms with Crippen LogP contribution in [0.4, 0.5) is 19.4 Å². The van der Waals surface area contributed by atoms with Crippen LogP contribution in [0.1, 0.15) is 26.3 Å². The van der Waals surface area contributed by atoms with Gasteiger partial charge in [0, 0.05) is 31.3 Å². The fourth-order valence-electron chi connectivity index (χ4n) is 3.25. The number of aromatic nitrogens is 1. The standard InChI is InChI=1S/C21H26F2N4O4S/c1-21(2,3)31-20(28)25-10-11-26-32(29,30)14-6-4-13(5-7-14)15-8-9-24-19-16(15)12-17(27-19)18(22)23/h4-9,17-18,26H,10-12H2,1-3H3,(H,24,27)(H,25,28). The molecule has 1 amide bonds. The van der Waals surface area contributed by atoms with Crippen LogP contribution in [-0.4, -0.2) is 50.7 Å². The molecule has 1 aliphatic heterocycles. The van der Waals surface area contributed by atoms with E-state index in [9.17, 15) is 22.0 Å². The van der Waals surface area contributed by atoms with Gasteiger partial charge >= 0.3 is 6.09 Å². The molecule has 1 unspecified atom stereocenters. The van der Waals surface area contributed by atoms with E-state index in [0.717, 1.165) is 5.56 Å². The summed E-state index contributed by atoms with van der Waals surface area (Å²) in [5.41, 5.74) is 1.46. The minimum atomic E-state index is -3.79. The minimum absolute atomic E-state index is 0.0120. The lowest BCUT2D eigenvalue weighted by atomic mass is 9.99. The minimum Gasteiger partial charge on any atom is -0.444 e. The maximum Gasteiger partial charge on any atom is 0.407 e. The molecule has 11 heteroatoms. The summed E-state index contributed by atoms with van der Waals surface area (Å²) in [6, 6.07) is 6.87. The number of alkyl halides is 2. The molecule has 1 aromatic heterocycles. The van der Waals surface area contributed by atoms with E-state index in [2.05, 4.69) is 20.3 Å². The molecule has 2 aromatic rings. The average molecular weight is 469 g/mol. The summed E-state index contributed by atoms with van der Waals surface area (Å²) >= 11 is 0. The Labute approximate surface area is 185 Å². The Kier molecular flexibility index (Phi) is 6.99. The van der Waals surface area contributed by atoms with Gasteiger partial charge in [0.2, 0.25) is 10.0 Å². The van der Waals surface area contributed by atoms with Crippen LogP contribution in [0.2, 0.25) is 0 Å². The fraction of sp³-hybridized carbons (Fsp3) is 0.429. The van der Waals surface area contributed by atoms with Crippen molar-refractivity contribution in [3.05, 3.63) is 42.1 Å². The summed E-state index contributed by atoms with van der Waals surface area (Å²) in [5.74, 6) is 0.420. The zero-order chi connectivity index (χ0) is 23.5. The van der Waals surface area contributed by atoms with Crippen LogP contribution in [0.5, 0.6) is 0 Å². The van der Waals surface area contributed by atoms with Crippen LogP contribution in [0.3, 0.4) is 0 Å². The SMILES string of the molecule is CC(C)(C)OC(=O)NCCNS(=O)(=O)c1ccc(-c2ccnc3c2CC(C(F)F)N3)cc1. The number of carbonyl (C=O) groups is 1. The molecule has 3 N–H and O–H groups in total. The molecule has 174 valence electrons. The highest BCUT2D eigenvalue weighted by atomic mass is 32.2. The number of nitrogens with one attached hydrogen (secondary N) is 3. The monoisotopic (exact) mass is 468 g/mol. The van der Waals surface area contributed by atoms with Crippen molar-refractivity contribution in [2.75, 3.05) is 18.4 Å². The van der Waals surface area contributed by atoms with Crippen LogP contribution in [0.25, 0.3) is 11.1 Å². The van der Waals surface area contributed by atoms with E-state index in [1.807, 2.05) is 0 Å². The summed E-state index contributed by atoms with van der Waals surface area (Å²) in [6.45, 7) is 5.24. The normalized spacial score (nSPS) is 15.9. The number of amides is 1. The second-order valence-corrected chi connectivity index (χ2v) is 10.1. The van der Waals surface area contributed by atoms with Crippen molar-refractivity contribution in [3.63, 3.8) is 0 Å². The van der Waals surface area contributed by atoms with E-state index in [-0.39, 0.29) is 24.4 Å². The first-order chi connectivity index (χ1) is 15.0. The van der Waals surface area contributed by atoms with Gasteiger partial charge in [0.1, 0.15) is 11.4 Å². The Bertz CT molecular complexity index is 1070. The van der Waals surface area contributed by atoms with Crippen molar-refractivity contribution >= 4 is 21.9 Å². The highest BCUT2D eigenvalue weighted by Crippen LogP contribution is 2.35. The summed E-state index contributed by atoms with van der Waals surface area (Å²) in [6.07, 6.45) is -1.48. The maximum atomic E-state index is 13.1. The van der Waals surface area contributed by atoms with Crippen LogP contribution in [-0.2, 0) is 21.2 Å². The van der Waals surface area contributed by atoms with E-state index in [0.29, 0.717) is 16.9 Å². The topological polar surface area (TPSA) is 109 Å². The smallest absolute Gasteiger partial charge is 0.407 e. The average Bonchev–Trinajstić information content (AvgIpc) is 3.15. The van der Waals surface area contributed by atoms with Gasteiger partial charge in [-0.15, -0.1) is 0 Å². The molecule has 0 spiro atoms. The third kappa shape index (κ3) is 5.92. The predicted octanol–water partition coefficient (Wildman–Crippen LogP) is 3.15. The number of alkyl carbamates (subject to hydrolysis) is 1. The number of fused-ring (bicyclic) bond motifs is 1. The van der Waals surface area contributed by atoms with Gasteiger partial charge in [-0.1, -0.05) is 12.1 Å². The first-order valence-corrected chi connectivity index (χ1v) is 11.5. The van der Waals surface area contributed by atoms with Crippen LogP contribution >= 0.6 is 0 Å². The quantitative estimate of drug-likeness (QED) is 0.539. The summed E-state index contributed by atoms with van der Waals surface area (Å²) < 4.78 is 58.6. The second kappa shape index (κ2) is 9.37. The third-order valence-corrected chi connectivity index (χ3v) is 6.14. The van der Waals surface area contributed by atoms with Gasteiger partial charge in [0.25, 0.3) is 6.43 Å². The highest BCUT2D eigenvalue weighted by molar-refractivity contribution is 7.89. The van der Waals surface area contributed by atoms with Gasteiger partial charge in [-0.2, -0.15) is 0 Å². The molecule has 0 aliphatic carbocycles. The lowest BCUT2D eigenvalue weighted by Crippen LogP contribution is -2.37. The fourth-order valence-corrected chi connectivity index (χ4v) is 4.29. The number of benzene rings is 1. The molecule has 0 fully saturated rings. The molecule has 0 saturated heterocycles. The van der Waals surface area contributed by atoms with Crippen LogP contribution in [0.15, 0.2) is 41.4 Å². The molecule has 1 aromatic carbocycles. The molecule has 3 rings (SSSR count). The number of hydrogen-bond donors (Lipinski definition) is 3. The first-order valence-electron chi connectivity index (χ1n) is 10.1. The Hall–Kier alpha value is -2.79. The van der Waals surface area contributed by atoms with E-state index in [4.69, 9.17) is 4.74 Å². The number of rotatable bonds is 7. The lowest BCUT2D eigenvalue weighted by molar-refractivity contribution is 0.0529.